The van der Waals surface area contributed by atoms with Crippen LogP contribution in [0.1, 0.15) is 37.9 Å². The van der Waals surface area contributed by atoms with Crippen LogP contribution < -0.4 is 0 Å². The van der Waals surface area contributed by atoms with E-state index in [0.29, 0.717) is 5.92 Å². The molecule has 0 aliphatic carbocycles. The Balaban J connectivity index is 1.91. The van der Waals surface area contributed by atoms with Crippen molar-refractivity contribution >= 4 is 11.2 Å². The maximum absolute atomic E-state index is 5.21. The van der Waals surface area contributed by atoms with Crippen LogP contribution in [0, 0.1) is 0 Å². The largest absolute Gasteiger partial charge is 0.385 e. The van der Waals surface area contributed by atoms with Crippen LogP contribution in [0.25, 0.3) is 11.2 Å². The van der Waals surface area contributed by atoms with Gasteiger partial charge in [-0.3, -0.25) is 0 Å². The molecule has 5 nitrogen and oxygen atoms in total. The molecule has 2 aromatic rings. The first-order valence-corrected chi connectivity index (χ1v) is 8.36. The van der Waals surface area contributed by atoms with Gasteiger partial charge in [0.05, 0.1) is 0 Å². The molecule has 2 aromatic heterocycles. The molecule has 5 heteroatoms. The summed E-state index contributed by atoms with van der Waals surface area (Å²) in [6.45, 7) is 7.40. The Kier molecular flexibility index (Phi) is 5.05. The molecule has 1 aliphatic heterocycles. The lowest BCUT2D eigenvalue weighted by Gasteiger charge is -2.31. The summed E-state index contributed by atoms with van der Waals surface area (Å²) >= 11 is 0. The van der Waals surface area contributed by atoms with Gasteiger partial charge in [-0.15, -0.1) is 0 Å². The van der Waals surface area contributed by atoms with E-state index in [1.165, 1.54) is 25.2 Å². The molecule has 1 fully saturated rings. The molecule has 0 aromatic carbocycles. The quantitative estimate of drug-likeness (QED) is 0.770. The summed E-state index contributed by atoms with van der Waals surface area (Å²) in [6, 6.07) is 4.04. The second-order valence-corrected chi connectivity index (χ2v) is 6.05. The monoisotopic (exact) mass is 302 g/mol. The van der Waals surface area contributed by atoms with Crippen LogP contribution in [-0.4, -0.2) is 52.8 Å². The van der Waals surface area contributed by atoms with Gasteiger partial charge in [-0.25, -0.2) is 9.97 Å². The first kappa shape index (κ1) is 15.4. The lowest BCUT2D eigenvalue weighted by atomic mass is 9.97. The SMILES string of the molecule is CCN1CCCC(c2nc3cccnc3n2CCCOC)C1. The van der Waals surface area contributed by atoms with Crippen molar-refractivity contribution in [3.63, 3.8) is 0 Å². The lowest BCUT2D eigenvalue weighted by molar-refractivity contribution is 0.188. The van der Waals surface area contributed by atoms with Gasteiger partial charge < -0.3 is 14.2 Å². The maximum Gasteiger partial charge on any atom is 0.159 e. The lowest BCUT2D eigenvalue weighted by Crippen LogP contribution is -2.35. The molecule has 0 radical (unpaired) electrons. The summed E-state index contributed by atoms with van der Waals surface area (Å²) in [6.07, 6.45) is 5.34. The van der Waals surface area contributed by atoms with E-state index in [1.54, 1.807) is 7.11 Å². The third-order valence-electron chi connectivity index (χ3n) is 4.58. The van der Waals surface area contributed by atoms with Gasteiger partial charge in [0.15, 0.2) is 5.65 Å². The van der Waals surface area contributed by atoms with Crippen molar-refractivity contribution in [2.24, 2.45) is 0 Å². The predicted molar refractivity (Wildman–Crippen MR) is 88.1 cm³/mol. The number of imidazole rings is 1. The molecule has 0 spiro atoms. The van der Waals surface area contributed by atoms with E-state index < -0.39 is 0 Å². The summed E-state index contributed by atoms with van der Waals surface area (Å²) in [7, 11) is 1.76. The molecule has 3 heterocycles. The summed E-state index contributed by atoms with van der Waals surface area (Å²) in [5.74, 6) is 1.73. The molecule has 3 rings (SSSR count). The van der Waals surface area contributed by atoms with E-state index in [2.05, 4.69) is 27.4 Å². The van der Waals surface area contributed by atoms with Gasteiger partial charge in [0.1, 0.15) is 11.3 Å². The van der Waals surface area contributed by atoms with Crippen molar-refractivity contribution in [2.75, 3.05) is 33.4 Å². The number of pyridine rings is 1. The Morgan fingerprint density at radius 3 is 3.14 bits per heavy atom. The molecular formula is C17H26N4O. The Labute approximate surface area is 132 Å². The fourth-order valence-electron chi connectivity index (χ4n) is 3.43. The van der Waals surface area contributed by atoms with E-state index >= 15 is 0 Å². The Morgan fingerprint density at radius 2 is 2.32 bits per heavy atom. The summed E-state index contributed by atoms with van der Waals surface area (Å²) in [4.78, 5) is 12.0. The van der Waals surface area contributed by atoms with Gasteiger partial charge >= 0.3 is 0 Å². The van der Waals surface area contributed by atoms with E-state index in [9.17, 15) is 0 Å². The topological polar surface area (TPSA) is 43.2 Å². The number of aromatic nitrogens is 3. The molecule has 1 saturated heterocycles. The number of nitrogens with zero attached hydrogens (tertiary/aromatic N) is 4. The van der Waals surface area contributed by atoms with Crippen LogP contribution in [0.15, 0.2) is 18.3 Å². The molecular weight excluding hydrogens is 276 g/mol. The van der Waals surface area contributed by atoms with Gasteiger partial charge in [0.25, 0.3) is 0 Å². The van der Waals surface area contributed by atoms with Crippen molar-refractivity contribution < 1.29 is 4.74 Å². The van der Waals surface area contributed by atoms with Gasteiger partial charge in [-0.2, -0.15) is 0 Å². The van der Waals surface area contributed by atoms with Crippen molar-refractivity contribution in [3.05, 3.63) is 24.2 Å². The summed E-state index contributed by atoms with van der Waals surface area (Å²) in [5, 5.41) is 0. The molecule has 1 unspecified atom stereocenters. The zero-order chi connectivity index (χ0) is 15.4. The second-order valence-electron chi connectivity index (χ2n) is 6.05. The second kappa shape index (κ2) is 7.20. The van der Waals surface area contributed by atoms with Crippen molar-refractivity contribution in [1.29, 1.82) is 0 Å². The molecule has 0 bridgehead atoms. The number of methoxy groups -OCH3 is 1. The van der Waals surface area contributed by atoms with Gasteiger partial charge in [0.2, 0.25) is 0 Å². The average Bonchev–Trinajstić information content (AvgIpc) is 2.94. The van der Waals surface area contributed by atoms with Crippen LogP contribution in [0.2, 0.25) is 0 Å². The number of rotatable bonds is 6. The maximum atomic E-state index is 5.21. The highest BCUT2D eigenvalue weighted by Gasteiger charge is 2.25. The normalized spacial score (nSPS) is 19.8. The molecule has 0 N–H and O–H groups in total. The van der Waals surface area contributed by atoms with Crippen LogP contribution in [0.4, 0.5) is 0 Å². The number of aryl methyl sites for hydroxylation is 1. The number of fused-ring (bicyclic) bond motifs is 1. The molecule has 120 valence electrons. The predicted octanol–water partition coefficient (Wildman–Crippen LogP) is 2.67. The first-order chi connectivity index (χ1) is 10.8. The Hall–Kier alpha value is -1.46. The third kappa shape index (κ3) is 3.15. The van der Waals surface area contributed by atoms with Crippen LogP contribution >= 0.6 is 0 Å². The highest BCUT2D eigenvalue weighted by molar-refractivity contribution is 5.71. The molecule has 1 aliphatic rings. The van der Waals surface area contributed by atoms with E-state index in [0.717, 1.165) is 43.8 Å². The number of piperidine rings is 1. The number of likely N-dealkylation sites (N-methyl/N-ethyl adjacent to an activating group) is 1. The Bertz CT molecular complexity index is 610. The zero-order valence-corrected chi connectivity index (χ0v) is 13.7. The highest BCUT2D eigenvalue weighted by Crippen LogP contribution is 2.28. The fraction of sp³-hybridized carbons (Fsp3) is 0.647. The first-order valence-electron chi connectivity index (χ1n) is 8.36. The van der Waals surface area contributed by atoms with E-state index in [1.807, 2.05) is 12.3 Å². The molecule has 0 amide bonds. The average molecular weight is 302 g/mol. The smallest absolute Gasteiger partial charge is 0.159 e. The number of ether oxygens (including phenoxy) is 1. The third-order valence-corrected chi connectivity index (χ3v) is 4.58. The number of hydrogen-bond donors (Lipinski definition) is 0. The minimum Gasteiger partial charge on any atom is -0.385 e. The molecule has 22 heavy (non-hydrogen) atoms. The fourth-order valence-corrected chi connectivity index (χ4v) is 3.43. The van der Waals surface area contributed by atoms with Crippen LogP contribution in [0.5, 0.6) is 0 Å². The molecule has 1 atom stereocenters. The number of likely N-dealkylation sites (tertiary alicyclic amines) is 1. The standard InChI is InChI=1S/C17H26N4O/c1-3-20-10-5-7-14(13-20)16-19-15-8-4-9-18-17(15)21(16)11-6-12-22-2/h4,8-9,14H,3,5-7,10-13H2,1-2H3. The minimum absolute atomic E-state index is 0.519. The zero-order valence-electron chi connectivity index (χ0n) is 13.7. The van der Waals surface area contributed by atoms with E-state index in [-0.39, 0.29) is 0 Å². The van der Waals surface area contributed by atoms with Crippen LogP contribution in [-0.2, 0) is 11.3 Å². The van der Waals surface area contributed by atoms with Gasteiger partial charge in [-0.1, -0.05) is 6.92 Å². The van der Waals surface area contributed by atoms with Gasteiger partial charge in [-0.05, 0) is 44.5 Å². The highest BCUT2D eigenvalue weighted by atomic mass is 16.5. The van der Waals surface area contributed by atoms with Crippen LogP contribution in [0.3, 0.4) is 0 Å². The van der Waals surface area contributed by atoms with Crippen molar-refractivity contribution in [3.8, 4) is 0 Å². The number of hydrogen-bond acceptors (Lipinski definition) is 4. The summed E-state index contributed by atoms with van der Waals surface area (Å²) in [5.41, 5.74) is 2.03. The van der Waals surface area contributed by atoms with Crippen molar-refractivity contribution in [2.45, 2.75) is 38.6 Å². The van der Waals surface area contributed by atoms with E-state index in [4.69, 9.17) is 9.72 Å². The minimum atomic E-state index is 0.519. The van der Waals surface area contributed by atoms with Crippen molar-refractivity contribution in [1.82, 2.24) is 19.4 Å². The van der Waals surface area contributed by atoms with Gasteiger partial charge in [0, 0.05) is 38.9 Å². The summed E-state index contributed by atoms with van der Waals surface area (Å²) < 4.78 is 7.53. The Morgan fingerprint density at radius 1 is 1.41 bits per heavy atom. The molecule has 0 saturated carbocycles.